The van der Waals surface area contributed by atoms with E-state index < -0.39 is 5.82 Å². The number of methoxy groups -OCH3 is 2. The first-order valence-electron chi connectivity index (χ1n) is 12.7. The number of rotatable bonds is 10. The van der Waals surface area contributed by atoms with Crippen LogP contribution >= 0.6 is 0 Å². The highest BCUT2D eigenvalue weighted by Gasteiger charge is 2.15. The Morgan fingerprint density at radius 3 is 2.37 bits per heavy atom. The van der Waals surface area contributed by atoms with Crippen LogP contribution in [0.3, 0.4) is 0 Å². The van der Waals surface area contributed by atoms with Gasteiger partial charge in [-0.25, -0.2) is 13.8 Å². The van der Waals surface area contributed by atoms with Gasteiger partial charge in [-0.3, -0.25) is 9.78 Å². The molecular weight excluding hydrogens is 530 g/mol. The molecule has 2 N–H and O–H groups in total. The summed E-state index contributed by atoms with van der Waals surface area (Å²) in [6.45, 7) is 0.349. The van der Waals surface area contributed by atoms with Crippen LogP contribution in [0.15, 0.2) is 85.2 Å². The number of benzene rings is 3. The monoisotopic (exact) mass is 556 g/mol. The summed E-state index contributed by atoms with van der Waals surface area (Å²) in [5.74, 6) is 0.373. The summed E-state index contributed by atoms with van der Waals surface area (Å²) >= 11 is 0. The second-order valence-corrected chi connectivity index (χ2v) is 8.94. The maximum absolute atomic E-state index is 15.2. The van der Waals surface area contributed by atoms with E-state index in [-0.39, 0.29) is 23.3 Å². The molecular formula is C31H26F2N4O4. The molecule has 0 fully saturated rings. The van der Waals surface area contributed by atoms with E-state index in [9.17, 15) is 9.18 Å². The molecule has 0 saturated carbocycles. The van der Waals surface area contributed by atoms with E-state index in [2.05, 4.69) is 20.6 Å². The molecule has 5 aromatic rings. The normalized spacial score (nSPS) is 10.7. The molecule has 2 aromatic heterocycles. The van der Waals surface area contributed by atoms with Crippen molar-refractivity contribution in [2.75, 3.05) is 26.1 Å². The van der Waals surface area contributed by atoms with Crippen molar-refractivity contribution in [3.8, 4) is 23.0 Å². The molecule has 10 heteroatoms. The van der Waals surface area contributed by atoms with Gasteiger partial charge in [0.25, 0.3) is 5.91 Å². The topological polar surface area (TPSA) is 94.6 Å². The number of aromatic nitrogens is 2. The van der Waals surface area contributed by atoms with Crippen molar-refractivity contribution in [1.82, 2.24) is 15.3 Å². The van der Waals surface area contributed by atoms with E-state index in [1.165, 1.54) is 44.7 Å². The van der Waals surface area contributed by atoms with E-state index in [1.807, 2.05) is 0 Å². The summed E-state index contributed by atoms with van der Waals surface area (Å²) in [7, 11) is 3.06. The van der Waals surface area contributed by atoms with E-state index >= 15 is 4.39 Å². The van der Waals surface area contributed by atoms with E-state index in [1.54, 1.807) is 54.7 Å². The molecule has 8 nitrogen and oxygen atoms in total. The Hall–Kier alpha value is -5.25. The van der Waals surface area contributed by atoms with Crippen LogP contribution < -0.4 is 24.8 Å². The first kappa shape index (κ1) is 27.3. The van der Waals surface area contributed by atoms with Crippen molar-refractivity contribution in [3.05, 3.63) is 108 Å². The summed E-state index contributed by atoms with van der Waals surface area (Å²) in [5.41, 5.74) is 2.16. The first-order chi connectivity index (χ1) is 19.9. The predicted molar refractivity (Wildman–Crippen MR) is 151 cm³/mol. The van der Waals surface area contributed by atoms with Gasteiger partial charge in [0.1, 0.15) is 17.4 Å². The molecule has 2 heterocycles. The number of nitrogens with zero attached hydrogens (tertiary/aromatic N) is 2. The smallest absolute Gasteiger partial charge is 0.255 e. The molecule has 0 atom stereocenters. The van der Waals surface area contributed by atoms with Crippen molar-refractivity contribution in [2.45, 2.75) is 6.42 Å². The van der Waals surface area contributed by atoms with Crippen LogP contribution in [0, 0.1) is 11.6 Å². The third kappa shape index (κ3) is 6.33. The zero-order chi connectivity index (χ0) is 28.8. The highest BCUT2D eigenvalue weighted by molar-refractivity contribution is 5.99. The third-order valence-electron chi connectivity index (χ3n) is 6.29. The number of ether oxygens (including phenoxy) is 3. The van der Waals surface area contributed by atoms with Crippen molar-refractivity contribution in [2.24, 2.45) is 0 Å². The number of carbonyl (C=O) groups excluding carboxylic acids is 1. The Bertz CT molecular complexity index is 1700. The van der Waals surface area contributed by atoms with Crippen LogP contribution in [0.5, 0.6) is 23.0 Å². The highest BCUT2D eigenvalue weighted by Crippen LogP contribution is 2.37. The number of anilines is 2. The van der Waals surface area contributed by atoms with Gasteiger partial charge in [-0.1, -0.05) is 12.1 Å². The largest absolute Gasteiger partial charge is 0.493 e. The van der Waals surface area contributed by atoms with Crippen LogP contribution in [0.4, 0.5) is 20.3 Å². The molecule has 1 amide bonds. The van der Waals surface area contributed by atoms with Gasteiger partial charge >= 0.3 is 0 Å². The summed E-state index contributed by atoms with van der Waals surface area (Å²) in [6, 6.07) is 18.8. The second-order valence-electron chi connectivity index (χ2n) is 8.94. The quantitative estimate of drug-likeness (QED) is 0.205. The van der Waals surface area contributed by atoms with Gasteiger partial charge in [0.15, 0.2) is 23.1 Å². The minimum Gasteiger partial charge on any atom is -0.493 e. The molecule has 0 aliphatic rings. The fourth-order valence-electron chi connectivity index (χ4n) is 4.21. The Morgan fingerprint density at radius 2 is 1.61 bits per heavy atom. The lowest BCUT2D eigenvalue weighted by Gasteiger charge is -2.14. The Labute approximate surface area is 234 Å². The van der Waals surface area contributed by atoms with Crippen molar-refractivity contribution >= 4 is 28.3 Å². The van der Waals surface area contributed by atoms with E-state index in [4.69, 9.17) is 14.2 Å². The molecule has 3 aromatic carbocycles. The molecule has 41 heavy (non-hydrogen) atoms. The number of fused-ring (bicyclic) bond motifs is 1. The molecule has 0 aliphatic carbocycles. The van der Waals surface area contributed by atoms with Crippen molar-refractivity contribution in [1.29, 1.82) is 0 Å². The van der Waals surface area contributed by atoms with Gasteiger partial charge in [-0.15, -0.1) is 0 Å². The molecule has 5 rings (SSSR count). The number of nitrogens with one attached hydrogen (secondary N) is 2. The molecule has 0 saturated heterocycles. The fraction of sp³-hybridized carbons (Fsp3) is 0.129. The summed E-state index contributed by atoms with van der Waals surface area (Å²) in [4.78, 5) is 21.4. The summed E-state index contributed by atoms with van der Waals surface area (Å²) in [6.07, 6.45) is 3.63. The standard InChI is InChI=1S/C31H26F2N4O4/c1-39-28-17-23-25(18-29(28)40-2)34-15-12-26(23)41-27-10-9-21(16-24(27)33)37-30-22(4-3-13-35-30)31(38)36-14-11-19-5-7-20(32)8-6-19/h3-10,12-13,15-18H,11,14H2,1-2H3,(H,35,37)(H,36,38). The molecule has 208 valence electrons. The van der Waals surface area contributed by atoms with Gasteiger partial charge in [0.2, 0.25) is 0 Å². The molecule has 0 bridgehead atoms. The first-order valence-corrected chi connectivity index (χ1v) is 12.7. The fourth-order valence-corrected chi connectivity index (χ4v) is 4.21. The average molecular weight is 557 g/mol. The number of hydrogen-bond acceptors (Lipinski definition) is 7. The second kappa shape index (κ2) is 12.3. The van der Waals surface area contributed by atoms with Gasteiger partial charge in [0.05, 0.1) is 25.3 Å². The number of amides is 1. The van der Waals surface area contributed by atoms with Gasteiger partial charge in [-0.05, 0) is 60.5 Å². The van der Waals surface area contributed by atoms with Crippen LogP contribution in [-0.2, 0) is 6.42 Å². The summed E-state index contributed by atoms with van der Waals surface area (Å²) in [5, 5.41) is 6.47. The highest BCUT2D eigenvalue weighted by atomic mass is 19.1. The maximum Gasteiger partial charge on any atom is 0.255 e. The Balaban J connectivity index is 1.29. The lowest BCUT2D eigenvalue weighted by Crippen LogP contribution is -2.26. The zero-order valence-electron chi connectivity index (χ0n) is 22.3. The maximum atomic E-state index is 15.2. The van der Waals surface area contributed by atoms with Crippen LogP contribution in [-0.4, -0.2) is 36.6 Å². The van der Waals surface area contributed by atoms with Gasteiger partial charge in [-0.2, -0.15) is 0 Å². The number of hydrogen-bond donors (Lipinski definition) is 2. The lowest BCUT2D eigenvalue weighted by molar-refractivity contribution is 0.0954. The lowest BCUT2D eigenvalue weighted by atomic mass is 10.1. The zero-order valence-corrected chi connectivity index (χ0v) is 22.3. The average Bonchev–Trinajstić information content (AvgIpc) is 2.99. The Morgan fingerprint density at radius 1 is 0.829 bits per heavy atom. The van der Waals surface area contributed by atoms with Crippen LogP contribution in [0.25, 0.3) is 10.9 Å². The number of carbonyl (C=O) groups is 1. The molecule has 0 spiro atoms. The van der Waals surface area contributed by atoms with Crippen molar-refractivity contribution < 1.29 is 27.8 Å². The molecule has 0 aliphatic heterocycles. The van der Waals surface area contributed by atoms with Crippen molar-refractivity contribution in [3.63, 3.8) is 0 Å². The Kier molecular flexibility index (Phi) is 8.19. The van der Waals surface area contributed by atoms with Gasteiger partial charge < -0.3 is 24.8 Å². The minimum atomic E-state index is -0.623. The number of pyridine rings is 2. The van der Waals surface area contributed by atoms with Gasteiger partial charge in [0, 0.05) is 42.1 Å². The predicted octanol–water partition coefficient (Wildman–Crippen LogP) is 6.43. The third-order valence-corrected chi connectivity index (χ3v) is 6.29. The van der Waals surface area contributed by atoms with E-state index in [0.717, 1.165) is 5.56 Å². The number of halogens is 2. The summed E-state index contributed by atoms with van der Waals surface area (Å²) < 4.78 is 44.9. The molecule has 0 radical (unpaired) electrons. The van der Waals surface area contributed by atoms with E-state index in [0.29, 0.717) is 52.4 Å². The SMILES string of the molecule is COc1cc2nccc(Oc3ccc(Nc4ncccc4C(=O)NCCc4ccc(F)cc4)cc3F)c2cc1OC. The van der Waals surface area contributed by atoms with Crippen LogP contribution in [0.1, 0.15) is 15.9 Å². The molecule has 0 unspecified atom stereocenters. The van der Waals surface area contributed by atoms with Crippen LogP contribution in [0.2, 0.25) is 0 Å². The minimum absolute atomic E-state index is 0.00221.